The quantitative estimate of drug-likeness (QED) is 0.182. The van der Waals surface area contributed by atoms with E-state index in [1.165, 1.54) is 5.56 Å². The number of carbonyl (C=O) groups is 2. The van der Waals surface area contributed by atoms with Crippen molar-refractivity contribution in [2.24, 2.45) is 5.92 Å². The molecule has 6 rings (SSSR count). The molecule has 3 amide bonds. The molecule has 0 aromatic heterocycles. The van der Waals surface area contributed by atoms with Crippen LogP contribution in [-0.4, -0.2) is 69.3 Å². The SMILES string of the molecule is O=C(Nc1ccc(N2CCC(Cc3ccccc3)CC2)c(C(=O)NCCCN2CCOCC2)c1)Nc1cccc2ccccc12. The van der Waals surface area contributed by atoms with Gasteiger partial charge in [-0.3, -0.25) is 9.69 Å². The number of hydrogen-bond acceptors (Lipinski definition) is 5. The van der Waals surface area contributed by atoms with Crippen molar-refractivity contribution in [3.05, 3.63) is 102 Å². The molecule has 4 aromatic rings. The predicted octanol–water partition coefficient (Wildman–Crippen LogP) is 6.40. The summed E-state index contributed by atoms with van der Waals surface area (Å²) in [6, 6.07) is 29.8. The summed E-state index contributed by atoms with van der Waals surface area (Å²) >= 11 is 0. The first-order valence-electron chi connectivity index (χ1n) is 16.2. The van der Waals surface area contributed by atoms with E-state index in [9.17, 15) is 9.59 Å². The van der Waals surface area contributed by atoms with Crippen LogP contribution >= 0.6 is 0 Å². The summed E-state index contributed by atoms with van der Waals surface area (Å²) in [6.45, 7) is 6.72. The summed E-state index contributed by atoms with van der Waals surface area (Å²) in [4.78, 5) is 31.4. The predicted molar refractivity (Wildman–Crippen MR) is 182 cm³/mol. The average Bonchev–Trinajstić information content (AvgIpc) is 3.08. The molecule has 2 aliphatic heterocycles. The number of piperidine rings is 1. The van der Waals surface area contributed by atoms with Gasteiger partial charge in [0.1, 0.15) is 0 Å². The van der Waals surface area contributed by atoms with Crippen LogP contribution in [0.2, 0.25) is 0 Å². The zero-order valence-corrected chi connectivity index (χ0v) is 25.8. The number of anilines is 3. The average molecular weight is 606 g/mol. The smallest absolute Gasteiger partial charge is 0.323 e. The minimum absolute atomic E-state index is 0.114. The third-order valence-electron chi connectivity index (χ3n) is 8.90. The lowest BCUT2D eigenvalue weighted by Gasteiger charge is -2.35. The van der Waals surface area contributed by atoms with Gasteiger partial charge in [-0.15, -0.1) is 0 Å². The molecule has 0 saturated carbocycles. The fraction of sp³-hybridized carbons (Fsp3) is 0.351. The van der Waals surface area contributed by atoms with Crippen LogP contribution in [0.25, 0.3) is 10.8 Å². The highest BCUT2D eigenvalue weighted by atomic mass is 16.5. The lowest BCUT2D eigenvalue weighted by Crippen LogP contribution is -2.38. The third kappa shape index (κ3) is 8.21. The lowest BCUT2D eigenvalue weighted by atomic mass is 9.89. The van der Waals surface area contributed by atoms with Gasteiger partial charge < -0.3 is 25.6 Å². The maximum atomic E-state index is 13.6. The summed E-state index contributed by atoms with van der Waals surface area (Å²) in [7, 11) is 0. The van der Waals surface area contributed by atoms with E-state index in [1.807, 2.05) is 60.7 Å². The zero-order valence-electron chi connectivity index (χ0n) is 25.8. The fourth-order valence-corrected chi connectivity index (χ4v) is 6.44. The molecule has 234 valence electrons. The number of benzene rings is 4. The van der Waals surface area contributed by atoms with Gasteiger partial charge in [-0.25, -0.2) is 4.79 Å². The summed E-state index contributed by atoms with van der Waals surface area (Å²) in [5.74, 6) is 0.510. The van der Waals surface area contributed by atoms with E-state index in [-0.39, 0.29) is 11.9 Å². The third-order valence-corrected chi connectivity index (χ3v) is 8.90. The Bertz CT molecular complexity index is 1570. The van der Waals surface area contributed by atoms with Crippen LogP contribution in [-0.2, 0) is 11.2 Å². The molecule has 0 spiro atoms. The molecule has 2 fully saturated rings. The van der Waals surface area contributed by atoms with E-state index in [1.54, 1.807) is 0 Å². The Balaban J connectivity index is 1.13. The Hall–Kier alpha value is -4.40. The highest BCUT2D eigenvalue weighted by molar-refractivity contribution is 6.07. The largest absolute Gasteiger partial charge is 0.379 e. The van der Waals surface area contributed by atoms with E-state index >= 15 is 0 Å². The molecule has 8 heteroatoms. The van der Waals surface area contributed by atoms with E-state index in [0.717, 1.165) is 93.8 Å². The monoisotopic (exact) mass is 605 g/mol. The number of fused-ring (bicyclic) bond motifs is 1. The molecule has 2 aliphatic rings. The number of urea groups is 1. The van der Waals surface area contributed by atoms with Crippen molar-refractivity contribution in [1.82, 2.24) is 10.2 Å². The Morgan fingerprint density at radius 1 is 0.800 bits per heavy atom. The number of morpholine rings is 1. The molecule has 8 nitrogen and oxygen atoms in total. The molecular weight excluding hydrogens is 562 g/mol. The first-order chi connectivity index (χ1) is 22.1. The second-order valence-corrected chi connectivity index (χ2v) is 12.0. The number of carbonyl (C=O) groups excluding carboxylic acids is 2. The van der Waals surface area contributed by atoms with Crippen LogP contribution in [0.1, 0.15) is 35.2 Å². The fourth-order valence-electron chi connectivity index (χ4n) is 6.44. The van der Waals surface area contributed by atoms with Gasteiger partial charge in [0.05, 0.1) is 24.5 Å². The highest BCUT2D eigenvalue weighted by Gasteiger charge is 2.24. The van der Waals surface area contributed by atoms with Gasteiger partial charge in [0.25, 0.3) is 5.91 Å². The lowest BCUT2D eigenvalue weighted by molar-refractivity contribution is 0.0374. The zero-order chi connectivity index (χ0) is 30.8. The Kier molecular flexibility index (Phi) is 10.2. The number of amides is 3. The minimum atomic E-state index is -0.349. The van der Waals surface area contributed by atoms with E-state index in [0.29, 0.717) is 23.7 Å². The van der Waals surface area contributed by atoms with Gasteiger partial charge in [-0.05, 0) is 73.4 Å². The molecular formula is C37H43N5O3. The maximum Gasteiger partial charge on any atom is 0.323 e. The van der Waals surface area contributed by atoms with Gasteiger partial charge >= 0.3 is 6.03 Å². The van der Waals surface area contributed by atoms with Crippen molar-refractivity contribution in [2.75, 3.05) is 68.0 Å². The van der Waals surface area contributed by atoms with Crippen LogP contribution in [0.4, 0.5) is 21.9 Å². The number of nitrogens with one attached hydrogen (secondary N) is 3. The van der Waals surface area contributed by atoms with Gasteiger partial charge in [-0.2, -0.15) is 0 Å². The standard InChI is InChI=1S/C37H43N5O3/c43-36(38-18-7-19-41-22-24-45-25-23-41)33-27-31(39-37(44)40-34-13-6-11-30-10-4-5-12-32(30)34)14-15-35(33)42-20-16-29(17-21-42)26-28-8-2-1-3-9-28/h1-6,8-15,27,29H,7,16-26H2,(H,38,43)(H2,39,40,44). The van der Waals surface area contributed by atoms with Crippen molar-refractivity contribution >= 4 is 39.8 Å². The Morgan fingerprint density at radius 2 is 1.56 bits per heavy atom. The van der Waals surface area contributed by atoms with Crippen LogP contribution in [0.3, 0.4) is 0 Å². The van der Waals surface area contributed by atoms with Gasteiger partial charge in [0.2, 0.25) is 0 Å². The number of rotatable bonds is 10. The van der Waals surface area contributed by atoms with E-state index < -0.39 is 0 Å². The molecule has 4 aromatic carbocycles. The van der Waals surface area contributed by atoms with Crippen LogP contribution in [0, 0.1) is 5.92 Å². The first-order valence-corrected chi connectivity index (χ1v) is 16.2. The van der Waals surface area contributed by atoms with Crippen molar-refractivity contribution in [2.45, 2.75) is 25.7 Å². The topological polar surface area (TPSA) is 85.9 Å². The Labute approximate surface area is 265 Å². The van der Waals surface area contributed by atoms with Gasteiger partial charge in [0.15, 0.2) is 0 Å². The van der Waals surface area contributed by atoms with Crippen molar-refractivity contribution in [1.29, 1.82) is 0 Å². The second-order valence-electron chi connectivity index (χ2n) is 12.0. The molecule has 2 heterocycles. The highest BCUT2D eigenvalue weighted by Crippen LogP contribution is 2.30. The number of ether oxygens (including phenoxy) is 1. The minimum Gasteiger partial charge on any atom is -0.379 e. The van der Waals surface area contributed by atoms with E-state index in [2.05, 4.69) is 56.1 Å². The molecule has 2 saturated heterocycles. The molecule has 0 aliphatic carbocycles. The van der Waals surface area contributed by atoms with Crippen molar-refractivity contribution in [3.8, 4) is 0 Å². The summed E-state index contributed by atoms with van der Waals surface area (Å²) in [5, 5.41) is 11.1. The van der Waals surface area contributed by atoms with Crippen LogP contribution in [0.15, 0.2) is 91.0 Å². The summed E-state index contributed by atoms with van der Waals surface area (Å²) < 4.78 is 5.45. The molecule has 0 radical (unpaired) electrons. The molecule has 0 atom stereocenters. The van der Waals surface area contributed by atoms with Crippen molar-refractivity contribution in [3.63, 3.8) is 0 Å². The van der Waals surface area contributed by atoms with Gasteiger partial charge in [0, 0.05) is 49.5 Å². The van der Waals surface area contributed by atoms with Crippen LogP contribution < -0.4 is 20.9 Å². The summed E-state index contributed by atoms with van der Waals surface area (Å²) in [5.41, 5.74) is 4.20. The second kappa shape index (κ2) is 15.1. The molecule has 3 N–H and O–H groups in total. The molecule has 0 bridgehead atoms. The summed E-state index contributed by atoms with van der Waals surface area (Å²) in [6.07, 6.45) is 4.10. The Morgan fingerprint density at radius 3 is 2.38 bits per heavy atom. The first kappa shape index (κ1) is 30.6. The number of nitrogens with zero attached hydrogens (tertiary/aromatic N) is 2. The number of hydrogen-bond donors (Lipinski definition) is 3. The normalized spacial score (nSPS) is 16.0. The molecule has 45 heavy (non-hydrogen) atoms. The van der Waals surface area contributed by atoms with Gasteiger partial charge in [-0.1, -0.05) is 66.7 Å². The van der Waals surface area contributed by atoms with Crippen molar-refractivity contribution < 1.29 is 14.3 Å². The van der Waals surface area contributed by atoms with Crippen LogP contribution in [0.5, 0.6) is 0 Å². The molecule has 0 unspecified atom stereocenters. The van der Waals surface area contributed by atoms with E-state index in [4.69, 9.17) is 4.74 Å². The maximum absolute atomic E-state index is 13.6.